The van der Waals surface area contributed by atoms with Crippen LogP contribution in [-0.4, -0.2) is 24.7 Å². The van der Waals surface area contributed by atoms with E-state index in [0.717, 1.165) is 6.42 Å². The quantitative estimate of drug-likeness (QED) is 0.785. The van der Waals surface area contributed by atoms with Gasteiger partial charge in [-0.1, -0.05) is 13.0 Å². The van der Waals surface area contributed by atoms with Crippen LogP contribution in [-0.2, 0) is 9.53 Å². The fraction of sp³-hybridized carbons (Fsp3) is 0.444. The average molecular weight is 334 g/mol. The number of rotatable bonds is 5. The van der Waals surface area contributed by atoms with Gasteiger partial charge in [0, 0.05) is 11.6 Å². The van der Waals surface area contributed by atoms with Crippen LogP contribution in [0.25, 0.3) is 0 Å². The lowest BCUT2D eigenvalue weighted by molar-refractivity contribution is -0.112. The second-order valence-corrected chi connectivity index (χ2v) is 6.29. The number of ether oxygens (including phenoxy) is 2. The van der Waals surface area contributed by atoms with Crippen molar-refractivity contribution in [3.8, 4) is 5.75 Å². The Hall–Kier alpha value is -2.50. The van der Waals surface area contributed by atoms with Gasteiger partial charge < -0.3 is 14.8 Å². The van der Waals surface area contributed by atoms with E-state index in [4.69, 9.17) is 9.47 Å². The van der Waals surface area contributed by atoms with Crippen molar-refractivity contribution in [1.29, 1.82) is 0 Å². The molecule has 0 spiro atoms. The number of benzene rings is 1. The molecule has 1 aromatic rings. The monoisotopic (exact) mass is 334 g/mol. The molecule has 1 rings (SSSR count). The van der Waals surface area contributed by atoms with Gasteiger partial charge in [-0.15, -0.1) is 0 Å². The molecule has 0 saturated heterocycles. The fourth-order valence-electron chi connectivity index (χ4n) is 1.90. The summed E-state index contributed by atoms with van der Waals surface area (Å²) in [5, 5.41) is 5.42. The van der Waals surface area contributed by atoms with E-state index in [1.54, 1.807) is 45.9 Å². The van der Waals surface area contributed by atoms with E-state index in [0.29, 0.717) is 22.7 Å². The predicted octanol–water partition coefficient (Wildman–Crippen LogP) is 4.34. The lowest BCUT2D eigenvalue weighted by Crippen LogP contribution is -2.27. The molecule has 0 bridgehead atoms. The van der Waals surface area contributed by atoms with E-state index in [1.807, 2.05) is 13.0 Å². The summed E-state index contributed by atoms with van der Waals surface area (Å²) in [5.41, 5.74) is 0.862. The first-order chi connectivity index (χ1) is 11.2. The fourth-order valence-corrected chi connectivity index (χ4v) is 1.90. The largest absolute Gasteiger partial charge is 0.497 e. The summed E-state index contributed by atoms with van der Waals surface area (Å²) < 4.78 is 10.4. The van der Waals surface area contributed by atoms with Crippen LogP contribution >= 0.6 is 0 Å². The first-order valence-electron chi connectivity index (χ1n) is 7.82. The molecule has 132 valence electrons. The highest BCUT2D eigenvalue weighted by atomic mass is 16.6. The van der Waals surface area contributed by atoms with Gasteiger partial charge in [-0.05, 0) is 46.2 Å². The summed E-state index contributed by atoms with van der Waals surface area (Å²) in [7, 11) is 1.53. The zero-order valence-electron chi connectivity index (χ0n) is 15.1. The van der Waals surface area contributed by atoms with Crippen molar-refractivity contribution in [2.45, 2.75) is 46.6 Å². The van der Waals surface area contributed by atoms with Gasteiger partial charge in [-0.25, -0.2) is 4.79 Å². The number of anilines is 2. The van der Waals surface area contributed by atoms with Crippen LogP contribution in [0, 0.1) is 0 Å². The van der Waals surface area contributed by atoms with E-state index in [9.17, 15) is 9.59 Å². The summed E-state index contributed by atoms with van der Waals surface area (Å²) in [6.45, 7) is 9.03. The van der Waals surface area contributed by atoms with Gasteiger partial charge in [-0.2, -0.15) is 0 Å². The maximum Gasteiger partial charge on any atom is 0.412 e. The Kier molecular flexibility index (Phi) is 6.82. The molecule has 0 atom stereocenters. The van der Waals surface area contributed by atoms with E-state index in [2.05, 4.69) is 10.6 Å². The molecule has 2 amide bonds. The molecular formula is C18H26N2O4. The molecule has 0 aliphatic heterocycles. The number of hydrogen-bond donors (Lipinski definition) is 2. The normalized spacial score (nSPS) is 11.7. The van der Waals surface area contributed by atoms with Crippen LogP contribution in [0.4, 0.5) is 16.2 Å². The van der Waals surface area contributed by atoms with Crippen molar-refractivity contribution in [3.63, 3.8) is 0 Å². The molecule has 0 unspecified atom stereocenters. The number of methoxy groups -OCH3 is 1. The molecule has 0 radical (unpaired) electrons. The Morgan fingerprint density at radius 2 is 1.83 bits per heavy atom. The smallest absolute Gasteiger partial charge is 0.412 e. The van der Waals surface area contributed by atoms with Crippen molar-refractivity contribution in [1.82, 2.24) is 0 Å². The molecule has 6 nitrogen and oxygen atoms in total. The van der Waals surface area contributed by atoms with Gasteiger partial charge in [0.2, 0.25) is 0 Å². The van der Waals surface area contributed by atoms with E-state index in [-0.39, 0.29) is 5.91 Å². The SMILES string of the molecule is CC/C=C(/C)C(=O)Nc1cc(OC)ccc1NC(=O)OC(C)(C)C. The molecule has 0 aliphatic carbocycles. The first-order valence-corrected chi connectivity index (χ1v) is 7.82. The van der Waals surface area contributed by atoms with E-state index >= 15 is 0 Å². The Balaban J connectivity index is 3.02. The Labute approximate surface area is 143 Å². The minimum Gasteiger partial charge on any atom is -0.497 e. The summed E-state index contributed by atoms with van der Waals surface area (Å²) >= 11 is 0. The molecule has 0 saturated carbocycles. The average Bonchev–Trinajstić information content (AvgIpc) is 2.47. The number of nitrogens with one attached hydrogen (secondary N) is 2. The van der Waals surface area contributed by atoms with Crippen LogP contribution in [0.5, 0.6) is 5.75 Å². The third kappa shape index (κ3) is 6.32. The lowest BCUT2D eigenvalue weighted by Gasteiger charge is -2.20. The molecule has 0 heterocycles. The second kappa shape index (κ2) is 8.38. The van der Waals surface area contributed by atoms with Gasteiger partial charge in [0.1, 0.15) is 11.4 Å². The Morgan fingerprint density at radius 3 is 2.38 bits per heavy atom. The number of hydrogen-bond acceptors (Lipinski definition) is 4. The van der Waals surface area contributed by atoms with Crippen molar-refractivity contribution >= 4 is 23.4 Å². The summed E-state index contributed by atoms with van der Waals surface area (Å²) in [4.78, 5) is 24.2. The van der Waals surface area contributed by atoms with Gasteiger partial charge in [0.15, 0.2) is 0 Å². The summed E-state index contributed by atoms with van der Waals surface area (Å²) in [5.74, 6) is 0.328. The minimum absolute atomic E-state index is 0.239. The van der Waals surface area contributed by atoms with Crippen molar-refractivity contribution < 1.29 is 19.1 Å². The molecule has 0 aromatic heterocycles. The molecule has 0 fully saturated rings. The number of carbonyl (C=O) groups excluding carboxylic acids is 2. The van der Waals surface area contributed by atoms with Crippen LogP contribution in [0.1, 0.15) is 41.0 Å². The van der Waals surface area contributed by atoms with Crippen LogP contribution in [0.3, 0.4) is 0 Å². The van der Waals surface area contributed by atoms with Gasteiger partial charge in [-0.3, -0.25) is 10.1 Å². The lowest BCUT2D eigenvalue weighted by atomic mass is 10.2. The zero-order chi connectivity index (χ0) is 18.3. The standard InChI is InChI=1S/C18H26N2O4/c1-7-8-12(2)16(21)19-15-11-13(23-6)9-10-14(15)20-17(22)24-18(3,4)5/h8-11H,7H2,1-6H3,(H,19,21)(H,20,22)/b12-8-. The number of carbonyl (C=O) groups is 2. The van der Waals surface area contributed by atoms with Crippen LogP contribution in [0.15, 0.2) is 29.8 Å². The van der Waals surface area contributed by atoms with Gasteiger partial charge in [0.25, 0.3) is 5.91 Å². The molecule has 24 heavy (non-hydrogen) atoms. The molecular weight excluding hydrogens is 308 g/mol. The van der Waals surface area contributed by atoms with Crippen molar-refractivity contribution in [2.75, 3.05) is 17.7 Å². The molecule has 0 aliphatic rings. The predicted molar refractivity (Wildman–Crippen MR) is 95.5 cm³/mol. The highest BCUT2D eigenvalue weighted by molar-refractivity contribution is 6.06. The van der Waals surface area contributed by atoms with Crippen LogP contribution in [0.2, 0.25) is 0 Å². The highest BCUT2D eigenvalue weighted by Gasteiger charge is 2.18. The third-order valence-corrected chi connectivity index (χ3v) is 2.98. The third-order valence-electron chi connectivity index (χ3n) is 2.98. The van der Waals surface area contributed by atoms with Gasteiger partial charge >= 0.3 is 6.09 Å². The Bertz CT molecular complexity index is 630. The zero-order valence-corrected chi connectivity index (χ0v) is 15.1. The van der Waals surface area contributed by atoms with E-state index < -0.39 is 11.7 Å². The maximum absolute atomic E-state index is 12.2. The topological polar surface area (TPSA) is 76.7 Å². The van der Waals surface area contributed by atoms with Crippen LogP contribution < -0.4 is 15.4 Å². The number of allylic oxidation sites excluding steroid dienone is 1. The van der Waals surface area contributed by atoms with Crippen molar-refractivity contribution in [3.05, 3.63) is 29.8 Å². The Morgan fingerprint density at radius 1 is 1.17 bits per heavy atom. The van der Waals surface area contributed by atoms with Gasteiger partial charge in [0.05, 0.1) is 18.5 Å². The minimum atomic E-state index is -0.611. The highest BCUT2D eigenvalue weighted by Crippen LogP contribution is 2.28. The van der Waals surface area contributed by atoms with Crippen molar-refractivity contribution in [2.24, 2.45) is 0 Å². The molecule has 1 aromatic carbocycles. The maximum atomic E-state index is 12.2. The molecule has 6 heteroatoms. The second-order valence-electron chi connectivity index (χ2n) is 6.29. The summed E-state index contributed by atoms with van der Waals surface area (Å²) in [6, 6.07) is 4.98. The summed E-state index contributed by atoms with van der Waals surface area (Å²) in [6.07, 6.45) is 2.00. The number of amides is 2. The first kappa shape index (κ1) is 19.5. The molecule has 2 N–H and O–H groups in total. The van der Waals surface area contributed by atoms with E-state index in [1.165, 1.54) is 7.11 Å².